The zero-order valence-electron chi connectivity index (χ0n) is 9.57. The molecule has 0 saturated heterocycles. The second-order valence-corrected chi connectivity index (χ2v) is 6.51. The van der Waals surface area contributed by atoms with Crippen molar-refractivity contribution in [3.8, 4) is 0 Å². The van der Waals surface area contributed by atoms with Gasteiger partial charge in [0.1, 0.15) is 12.2 Å². The molecule has 15 heavy (non-hydrogen) atoms. The van der Waals surface area contributed by atoms with Crippen LogP contribution in [0.2, 0.25) is 0 Å². The van der Waals surface area contributed by atoms with Gasteiger partial charge in [-0.2, -0.15) is 0 Å². The van der Waals surface area contributed by atoms with Crippen LogP contribution >= 0.6 is 15.9 Å². The minimum Gasteiger partial charge on any atom is -0.320 e. The molecule has 0 amide bonds. The summed E-state index contributed by atoms with van der Waals surface area (Å²) in [4.78, 5) is 0.632. The van der Waals surface area contributed by atoms with Gasteiger partial charge in [-0.05, 0) is 24.7 Å². The molecule has 3 nitrogen and oxygen atoms in total. The Morgan fingerprint density at radius 2 is 2.27 bits per heavy atom. The molecule has 1 aromatic heterocycles. The number of alkyl halides is 1. The predicted octanol–water partition coefficient (Wildman–Crippen LogP) is 2.87. The fraction of sp³-hybridized carbons (Fsp3) is 0.818. The van der Waals surface area contributed by atoms with E-state index in [-0.39, 0.29) is 0 Å². The standard InChI is InChI=1S/C11H18BrN3/c1-11(2)5-4-8(12)6-9(11)10-14-13-7-15(10)3/h7-9H,4-6H2,1-3H3. The maximum Gasteiger partial charge on any atom is 0.136 e. The molecule has 0 N–H and O–H groups in total. The summed E-state index contributed by atoms with van der Waals surface area (Å²) in [5, 5.41) is 8.25. The van der Waals surface area contributed by atoms with E-state index in [9.17, 15) is 0 Å². The number of hydrogen-bond acceptors (Lipinski definition) is 2. The molecule has 84 valence electrons. The minimum absolute atomic E-state index is 0.338. The van der Waals surface area contributed by atoms with Crippen LogP contribution in [-0.4, -0.2) is 19.6 Å². The molecule has 1 heterocycles. The Balaban J connectivity index is 2.29. The fourth-order valence-corrected chi connectivity index (χ4v) is 3.06. The molecule has 1 aliphatic carbocycles. The van der Waals surface area contributed by atoms with E-state index >= 15 is 0 Å². The second-order valence-electron chi connectivity index (χ2n) is 5.21. The quantitative estimate of drug-likeness (QED) is 0.736. The molecular weight excluding hydrogens is 254 g/mol. The lowest BCUT2D eigenvalue weighted by Crippen LogP contribution is -2.32. The zero-order chi connectivity index (χ0) is 11.1. The molecule has 1 aromatic rings. The van der Waals surface area contributed by atoms with Gasteiger partial charge in [-0.1, -0.05) is 29.8 Å². The monoisotopic (exact) mass is 271 g/mol. The maximum absolute atomic E-state index is 4.26. The van der Waals surface area contributed by atoms with Crippen LogP contribution in [0.25, 0.3) is 0 Å². The Morgan fingerprint density at radius 1 is 1.53 bits per heavy atom. The second kappa shape index (κ2) is 3.89. The van der Waals surface area contributed by atoms with Crippen LogP contribution in [0.3, 0.4) is 0 Å². The van der Waals surface area contributed by atoms with Crippen LogP contribution in [0.5, 0.6) is 0 Å². The lowest BCUT2D eigenvalue weighted by Gasteiger charge is -2.39. The van der Waals surface area contributed by atoms with Crippen molar-refractivity contribution in [2.24, 2.45) is 12.5 Å². The Hall–Kier alpha value is -0.380. The van der Waals surface area contributed by atoms with Crippen molar-refractivity contribution in [1.82, 2.24) is 14.8 Å². The summed E-state index contributed by atoms with van der Waals surface area (Å²) in [7, 11) is 2.03. The van der Waals surface area contributed by atoms with Crippen LogP contribution in [0.1, 0.15) is 44.9 Å². The Labute approximate surface area is 99.4 Å². The normalized spacial score (nSPS) is 30.4. The van der Waals surface area contributed by atoms with Gasteiger partial charge in [-0.15, -0.1) is 10.2 Å². The lowest BCUT2D eigenvalue weighted by atomic mass is 9.68. The lowest BCUT2D eigenvalue weighted by molar-refractivity contribution is 0.195. The molecule has 0 spiro atoms. The summed E-state index contributed by atoms with van der Waals surface area (Å²) in [6.45, 7) is 4.68. The van der Waals surface area contributed by atoms with E-state index in [2.05, 4.69) is 44.5 Å². The topological polar surface area (TPSA) is 30.7 Å². The van der Waals surface area contributed by atoms with Crippen molar-refractivity contribution < 1.29 is 0 Å². The highest BCUT2D eigenvalue weighted by atomic mass is 79.9. The summed E-state index contributed by atoms with van der Waals surface area (Å²) >= 11 is 3.73. The summed E-state index contributed by atoms with van der Waals surface area (Å²) in [5.74, 6) is 1.65. The van der Waals surface area contributed by atoms with Crippen LogP contribution in [-0.2, 0) is 7.05 Å². The number of halogens is 1. The van der Waals surface area contributed by atoms with Crippen molar-refractivity contribution in [1.29, 1.82) is 0 Å². The van der Waals surface area contributed by atoms with Crippen molar-refractivity contribution in [3.63, 3.8) is 0 Å². The Bertz CT molecular complexity index is 345. The Kier molecular flexibility index (Phi) is 2.88. The summed E-state index contributed by atoms with van der Waals surface area (Å²) in [6, 6.07) is 0. The average molecular weight is 272 g/mol. The van der Waals surface area contributed by atoms with E-state index in [1.165, 1.54) is 19.3 Å². The van der Waals surface area contributed by atoms with Crippen molar-refractivity contribution in [3.05, 3.63) is 12.2 Å². The van der Waals surface area contributed by atoms with Gasteiger partial charge in [0.15, 0.2) is 0 Å². The molecule has 2 atom stereocenters. The first-order valence-electron chi connectivity index (χ1n) is 5.48. The molecule has 1 fully saturated rings. The molecule has 2 rings (SSSR count). The molecule has 0 bridgehead atoms. The predicted molar refractivity (Wildman–Crippen MR) is 64.1 cm³/mol. The molecule has 1 aliphatic rings. The van der Waals surface area contributed by atoms with Gasteiger partial charge in [-0.25, -0.2) is 0 Å². The van der Waals surface area contributed by atoms with Gasteiger partial charge in [-0.3, -0.25) is 0 Å². The third-order valence-corrected chi connectivity index (χ3v) is 4.43. The highest BCUT2D eigenvalue weighted by molar-refractivity contribution is 9.09. The zero-order valence-corrected chi connectivity index (χ0v) is 11.2. The molecule has 0 aliphatic heterocycles. The molecule has 0 aromatic carbocycles. The van der Waals surface area contributed by atoms with Gasteiger partial charge < -0.3 is 4.57 Å². The molecule has 0 radical (unpaired) electrons. The highest BCUT2D eigenvalue weighted by Gasteiger charge is 2.38. The van der Waals surface area contributed by atoms with E-state index in [0.29, 0.717) is 16.2 Å². The van der Waals surface area contributed by atoms with Gasteiger partial charge >= 0.3 is 0 Å². The highest BCUT2D eigenvalue weighted by Crippen LogP contribution is 2.47. The SMILES string of the molecule is Cn1cnnc1C1CC(Br)CCC1(C)C. The summed E-state index contributed by atoms with van der Waals surface area (Å²) in [6.07, 6.45) is 5.48. The van der Waals surface area contributed by atoms with Crippen molar-refractivity contribution >= 4 is 15.9 Å². The first kappa shape index (κ1) is 11.1. The number of rotatable bonds is 1. The molecule has 4 heteroatoms. The summed E-state index contributed by atoms with van der Waals surface area (Å²) in [5.41, 5.74) is 0.338. The number of aromatic nitrogens is 3. The van der Waals surface area contributed by atoms with E-state index < -0.39 is 0 Å². The first-order valence-corrected chi connectivity index (χ1v) is 6.40. The van der Waals surface area contributed by atoms with Crippen molar-refractivity contribution in [2.75, 3.05) is 0 Å². The van der Waals surface area contributed by atoms with E-state index in [4.69, 9.17) is 0 Å². The number of hydrogen-bond donors (Lipinski definition) is 0. The van der Waals surface area contributed by atoms with Crippen LogP contribution < -0.4 is 0 Å². The fourth-order valence-electron chi connectivity index (χ4n) is 2.46. The van der Waals surface area contributed by atoms with Gasteiger partial charge in [0.05, 0.1) is 0 Å². The molecular formula is C11H18BrN3. The largest absolute Gasteiger partial charge is 0.320 e. The van der Waals surface area contributed by atoms with E-state index in [1.54, 1.807) is 6.33 Å². The van der Waals surface area contributed by atoms with Crippen molar-refractivity contribution in [2.45, 2.75) is 43.9 Å². The van der Waals surface area contributed by atoms with Crippen LogP contribution in [0.4, 0.5) is 0 Å². The average Bonchev–Trinajstić information content (AvgIpc) is 2.56. The third-order valence-electron chi connectivity index (χ3n) is 3.59. The number of nitrogens with zero attached hydrogens (tertiary/aromatic N) is 3. The van der Waals surface area contributed by atoms with E-state index in [0.717, 1.165) is 5.82 Å². The minimum atomic E-state index is 0.338. The van der Waals surface area contributed by atoms with Gasteiger partial charge in [0.2, 0.25) is 0 Å². The van der Waals surface area contributed by atoms with E-state index in [1.807, 2.05) is 7.05 Å². The first-order chi connectivity index (χ1) is 7.00. The summed E-state index contributed by atoms with van der Waals surface area (Å²) < 4.78 is 2.05. The smallest absolute Gasteiger partial charge is 0.136 e. The third kappa shape index (κ3) is 2.10. The van der Waals surface area contributed by atoms with Crippen LogP contribution in [0.15, 0.2) is 6.33 Å². The van der Waals surface area contributed by atoms with Crippen LogP contribution in [0, 0.1) is 5.41 Å². The van der Waals surface area contributed by atoms with Gasteiger partial charge in [0.25, 0.3) is 0 Å². The maximum atomic E-state index is 4.26. The number of aryl methyl sites for hydroxylation is 1. The molecule has 1 saturated carbocycles. The van der Waals surface area contributed by atoms with Gasteiger partial charge in [0, 0.05) is 17.8 Å². The Morgan fingerprint density at radius 3 is 2.87 bits per heavy atom. The molecule has 2 unspecified atom stereocenters.